The largest absolute Gasteiger partial charge is 0.462 e. The molecule has 4 heteroatoms. The first-order valence-corrected chi connectivity index (χ1v) is 6.40. The Morgan fingerprint density at radius 1 is 1.53 bits per heavy atom. The fraction of sp³-hybridized carbons (Fsp3) is 0.538. The van der Waals surface area contributed by atoms with Gasteiger partial charge in [0, 0.05) is 5.69 Å². The number of aromatic nitrogens is 1. The zero-order valence-electron chi connectivity index (χ0n) is 9.91. The lowest BCUT2D eigenvalue weighted by Crippen LogP contribution is -2.08. The third-order valence-electron chi connectivity index (χ3n) is 2.74. The lowest BCUT2D eigenvalue weighted by atomic mass is 10.2. The number of hydrogen-bond acceptors (Lipinski definition) is 3. The molecule has 0 N–H and O–H groups in total. The number of carbonyl (C=O) groups is 1. The highest BCUT2D eigenvalue weighted by Crippen LogP contribution is 2.29. The maximum Gasteiger partial charge on any atom is 0.338 e. The Hall–Kier alpha value is -1.09. The van der Waals surface area contributed by atoms with Crippen molar-refractivity contribution in [2.75, 3.05) is 6.61 Å². The summed E-state index contributed by atoms with van der Waals surface area (Å²) in [5, 5.41) is 0.356. The van der Waals surface area contributed by atoms with Gasteiger partial charge in [0.25, 0.3) is 0 Å². The van der Waals surface area contributed by atoms with E-state index in [2.05, 4.69) is 11.9 Å². The van der Waals surface area contributed by atoms with Gasteiger partial charge in [0.15, 0.2) is 0 Å². The van der Waals surface area contributed by atoms with Gasteiger partial charge in [-0.15, -0.1) is 0 Å². The van der Waals surface area contributed by atoms with Crippen LogP contribution in [0.15, 0.2) is 12.1 Å². The van der Waals surface area contributed by atoms with Crippen molar-refractivity contribution in [3.63, 3.8) is 0 Å². The first kappa shape index (κ1) is 12.4. The van der Waals surface area contributed by atoms with Crippen molar-refractivity contribution in [1.82, 2.24) is 4.98 Å². The van der Waals surface area contributed by atoms with E-state index >= 15 is 0 Å². The van der Waals surface area contributed by atoms with Gasteiger partial charge in [0.05, 0.1) is 12.2 Å². The Balaban J connectivity index is 2.04. The van der Waals surface area contributed by atoms with Crippen molar-refractivity contribution in [3.8, 4) is 0 Å². The number of carbonyl (C=O) groups excluding carboxylic acids is 1. The first-order chi connectivity index (χ1) is 8.19. The summed E-state index contributed by atoms with van der Waals surface area (Å²) in [7, 11) is 0. The van der Waals surface area contributed by atoms with Crippen LogP contribution in [-0.2, 0) is 11.2 Å². The Morgan fingerprint density at radius 2 is 2.29 bits per heavy atom. The monoisotopic (exact) mass is 253 g/mol. The van der Waals surface area contributed by atoms with E-state index in [-0.39, 0.29) is 5.97 Å². The lowest BCUT2D eigenvalue weighted by molar-refractivity contribution is 0.0486. The molecule has 1 aromatic heterocycles. The summed E-state index contributed by atoms with van der Waals surface area (Å²) >= 11 is 5.89. The van der Waals surface area contributed by atoms with E-state index in [1.165, 1.54) is 12.8 Å². The second-order valence-corrected chi connectivity index (χ2v) is 4.85. The fourth-order valence-electron chi connectivity index (χ4n) is 1.61. The number of hydrogen-bond donors (Lipinski definition) is 0. The molecular formula is C13H16ClNO2. The summed E-state index contributed by atoms with van der Waals surface area (Å²) in [6.45, 7) is 2.59. The highest BCUT2D eigenvalue weighted by molar-refractivity contribution is 6.29. The highest BCUT2D eigenvalue weighted by Gasteiger charge is 2.23. The maximum absolute atomic E-state index is 11.8. The lowest BCUT2D eigenvalue weighted by Gasteiger charge is -2.06. The second kappa shape index (κ2) is 5.50. The molecule has 1 heterocycles. The number of aryl methyl sites for hydroxylation is 1. The van der Waals surface area contributed by atoms with E-state index < -0.39 is 0 Å². The van der Waals surface area contributed by atoms with Crippen LogP contribution in [0.2, 0.25) is 5.15 Å². The van der Waals surface area contributed by atoms with Gasteiger partial charge in [-0.2, -0.15) is 0 Å². The van der Waals surface area contributed by atoms with Crippen LogP contribution in [0, 0.1) is 5.92 Å². The molecule has 0 radical (unpaired) electrons. The molecule has 0 atom stereocenters. The molecule has 0 saturated heterocycles. The molecule has 0 unspecified atom stereocenters. The molecule has 1 aromatic rings. The molecule has 92 valence electrons. The fourth-order valence-corrected chi connectivity index (χ4v) is 1.84. The van der Waals surface area contributed by atoms with E-state index in [1.54, 1.807) is 12.1 Å². The number of esters is 1. The molecule has 0 aromatic carbocycles. The minimum atomic E-state index is -0.293. The minimum absolute atomic E-state index is 0.293. The second-order valence-electron chi connectivity index (χ2n) is 4.46. The molecule has 1 fully saturated rings. The predicted octanol–water partition coefficient (Wildman–Crippen LogP) is 3.25. The number of nitrogens with zero attached hydrogens (tertiary/aromatic N) is 1. The smallest absolute Gasteiger partial charge is 0.338 e. The first-order valence-electron chi connectivity index (χ1n) is 6.02. The summed E-state index contributed by atoms with van der Waals surface area (Å²) in [5.41, 5.74) is 1.35. The zero-order valence-corrected chi connectivity index (χ0v) is 10.7. The topological polar surface area (TPSA) is 39.2 Å². The average molecular weight is 254 g/mol. The number of rotatable bonds is 5. The highest BCUT2D eigenvalue weighted by atomic mass is 35.5. The summed E-state index contributed by atoms with van der Waals surface area (Å²) in [5.74, 6) is 0.282. The summed E-state index contributed by atoms with van der Waals surface area (Å²) in [6.07, 6.45) is 4.14. The number of ether oxygens (including phenoxy) is 1. The van der Waals surface area contributed by atoms with E-state index in [4.69, 9.17) is 16.3 Å². The third-order valence-corrected chi connectivity index (χ3v) is 2.93. The molecule has 0 bridgehead atoms. The van der Waals surface area contributed by atoms with Crippen LogP contribution in [-0.4, -0.2) is 17.6 Å². The Morgan fingerprint density at radius 3 is 2.94 bits per heavy atom. The minimum Gasteiger partial charge on any atom is -0.462 e. The van der Waals surface area contributed by atoms with Crippen LogP contribution >= 0.6 is 11.6 Å². The molecule has 0 amide bonds. The number of pyridine rings is 1. The van der Waals surface area contributed by atoms with Crippen LogP contribution in [0.3, 0.4) is 0 Å². The molecule has 17 heavy (non-hydrogen) atoms. The van der Waals surface area contributed by atoms with Gasteiger partial charge in [-0.05, 0) is 37.3 Å². The van der Waals surface area contributed by atoms with E-state index in [1.807, 2.05) is 0 Å². The summed E-state index contributed by atoms with van der Waals surface area (Å²) in [4.78, 5) is 15.9. The van der Waals surface area contributed by atoms with Crippen LogP contribution in [0.1, 0.15) is 42.2 Å². The SMILES string of the molecule is CCCc1cc(C(=O)OCC2CC2)cc(Cl)n1. The van der Waals surface area contributed by atoms with Crippen LogP contribution in [0.4, 0.5) is 0 Å². The van der Waals surface area contributed by atoms with Gasteiger partial charge in [0.1, 0.15) is 5.15 Å². The van der Waals surface area contributed by atoms with Crippen LogP contribution < -0.4 is 0 Å². The van der Waals surface area contributed by atoms with Crippen LogP contribution in [0.5, 0.6) is 0 Å². The molecule has 0 aliphatic heterocycles. The van der Waals surface area contributed by atoms with E-state index in [0.717, 1.165) is 18.5 Å². The van der Waals surface area contributed by atoms with Gasteiger partial charge >= 0.3 is 5.97 Å². The summed E-state index contributed by atoms with van der Waals surface area (Å²) < 4.78 is 5.21. The Kier molecular flexibility index (Phi) is 4.00. The normalized spacial score (nSPS) is 14.7. The Bertz CT molecular complexity index is 416. The van der Waals surface area contributed by atoms with Crippen LogP contribution in [0.25, 0.3) is 0 Å². The number of halogens is 1. The standard InChI is InChI=1S/C13H16ClNO2/c1-2-3-11-6-10(7-12(14)15-11)13(16)17-8-9-4-5-9/h6-7,9H,2-5,8H2,1H3. The van der Waals surface area contributed by atoms with Crippen molar-refractivity contribution in [2.24, 2.45) is 5.92 Å². The van der Waals surface area contributed by atoms with Gasteiger partial charge in [-0.3, -0.25) is 0 Å². The molecular weight excluding hydrogens is 238 g/mol. The van der Waals surface area contributed by atoms with Gasteiger partial charge in [-0.1, -0.05) is 24.9 Å². The van der Waals surface area contributed by atoms with Gasteiger partial charge < -0.3 is 4.74 Å². The maximum atomic E-state index is 11.8. The molecule has 1 aliphatic rings. The summed E-state index contributed by atoms with van der Waals surface area (Å²) in [6, 6.07) is 3.33. The van der Waals surface area contributed by atoms with E-state index in [0.29, 0.717) is 23.2 Å². The average Bonchev–Trinajstić information content (AvgIpc) is 3.09. The van der Waals surface area contributed by atoms with E-state index in [9.17, 15) is 4.79 Å². The van der Waals surface area contributed by atoms with Crippen molar-refractivity contribution in [2.45, 2.75) is 32.6 Å². The van der Waals surface area contributed by atoms with Crippen molar-refractivity contribution < 1.29 is 9.53 Å². The van der Waals surface area contributed by atoms with Gasteiger partial charge in [-0.25, -0.2) is 9.78 Å². The third kappa shape index (κ3) is 3.70. The van der Waals surface area contributed by atoms with Crippen molar-refractivity contribution >= 4 is 17.6 Å². The van der Waals surface area contributed by atoms with Crippen molar-refractivity contribution in [3.05, 3.63) is 28.5 Å². The zero-order chi connectivity index (χ0) is 12.3. The quantitative estimate of drug-likeness (QED) is 0.597. The van der Waals surface area contributed by atoms with Gasteiger partial charge in [0.2, 0.25) is 0 Å². The molecule has 3 nitrogen and oxygen atoms in total. The molecule has 1 saturated carbocycles. The van der Waals surface area contributed by atoms with Crippen molar-refractivity contribution in [1.29, 1.82) is 0 Å². The molecule has 2 rings (SSSR count). The Labute approximate surface area is 106 Å². The molecule has 0 spiro atoms. The molecule has 1 aliphatic carbocycles. The predicted molar refractivity (Wildman–Crippen MR) is 66.2 cm³/mol.